The van der Waals surface area contributed by atoms with E-state index < -0.39 is 5.41 Å². The molecule has 4 N–H and O–H groups in total. The predicted molar refractivity (Wildman–Crippen MR) is 121 cm³/mol. The first-order valence-electron chi connectivity index (χ1n) is 10.2. The molecule has 4 rings (SSSR count). The Hall–Kier alpha value is -3.49. The lowest BCUT2D eigenvalue weighted by Crippen LogP contribution is -2.39. The number of aromatic nitrogens is 1. The quantitative estimate of drug-likeness (QED) is 0.671. The molecular formula is C23H22N6OS. The standard InChI is InChI=1S/C23H22N6OS/c24-12-16-21(26)29-22(17(13-25)23(16)9-2-1-3-10-23)31-14-19(30)28-18-8-4-6-15-7-5-11-27-20(15)18/h4-8,11,29H,1-3,9-10,14,26H2,(H,28,30). The second-order valence-electron chi connectivity index (χ2n) is 7.70. The number of carbonyl (C=O) groups excluding carboxylic acids is 1. The van der Waals surface area contributed by atoms with E-state index in [1.807, 2.05) is 30.3 Å². The van der Waals surface area contributed by atoms with Crippen molar-refractivity contribution in [2.24, 2.45) is 11.1 Å². The van der Waals surface area contributed by atoms with Crippen LogP contribution in [-0.4, -0.2) is 16.6 Å². The third-order valence-electron chi connectivity index (χ3n) is 5.89. The van der Waals surface area contributed by atoms with Crippen LogP contribution in [0.5, 0.6) is 0 Å². The van der Waals surface area contributed by atoms with E-state index in [1.165, 1.54) is 11.8 Å². The van der Waals surface area contributed by atoms with Gasteiger partial charge < -0.3 is 16.4 Å². The molecule has 0 saturated heterocycles. The van der Waals surface area contributed by atoms with Crippen LogP contribution in [0.4, 0.5) is 5.69 Å². The lowest BCUT2D eigenvalue weighted by molar-refractivity contribution is -0.113. The average Bonchev–Trinajstić information content (AvgIpc) is 2.79. The van der Waals surface area contributed by atoms with E-state index >= 15 is 0 Å². The summed E-state index contributed by atoms with van der Waals surface area (Å²) >= 11 is 1.24. The van der Waals surface area contributed by atoms with Gasteiger partial charge in [-0.2, -0.15) is 10.5 Å². The maximum atomic E-state index is 12.7. The van der Waals surface area contributed by atoms with Crippen molar-refractivity contribution in [2.45, 2.75) is 32.1 Å². The average molecular weight is 431 g/mol. The van der Waals surface area contributed by atoms with Gasteiger partial charge in [0.1, 0.15) is 5.82 Å². The number of nitriles is 2. The molecule has 1 aliphatic carbocycles. The van der Waals surface area contributed by atoms with Gasteiger partial charge in [-0.1, -0.05) is 49.2 Å². The van der Waals surface area contributed by atoms with Crippen LogP contribution in [0.1, 0.15) is 32.1 Å². The van der Waals surface area contributed by atoms with E-state index in [9.17, 15) is 15.3 Å². The number of nitrogens with two attached hydrogens (primary N) is 1. The first-order chi connectivity index (χ1) is 15.1. The summed E-state index contributed by atoms with van der Waals surface area (Å²) in [6.45, 7) is 0. The van der Waals surface area contributed by atoms with Crippen LogP contribution >= 0.6 is 11.8 Å². The summed E-state index contributed by atoms with van der Waals surface area (Å²) in [5.41, 5.74) is 7.86. The number of dihydropyridines is 1. The van der Waals surface area contributed by atoms with Crippen molar-refractivity contribution in [3.05, 3.63) is 58.5 Å². The second-order valence-corrected chi connectivity index (χ2v) is 8.69. The number of nitrogens with zero attached hydrogens (tertiary/aromatic N) is 3. The van der Waals surface area contributed by atoms with Crippen LogP contribution in [0, 0.1) is 28.1 Å². The van der Waals surface area contributed by atoms with Crippen LogP contribution in [0.2, 0.25) is 0 Å². The van der Waals surface area contributed by atoms with Gasteiger partial charge in [-0.05, 0) is 25.0 Å². The third kappa shape index (κ3) is 3.83. The van der Waals surface area contributed by atoms with Crippen LogP contribution in [-0.2, 0) is 4.79 Å². The first-order valence-corrected chi connectivity index (χ1v) is 11.2. The Bertz CT molecular complexity index is 1180. The molecule has 2 aromatic rings. The summed E-state index contributed by atoms with van der Waals surface area (Å²) < 4.78 is 0. The molecule has 1 spiro atoms. The van der Waals surface area contributed by atoms with E-state index in [2.05, 4.69) is 27.8 Å². The van der Waals surface area contributed by atoms with Crippen molar-refractivity contribution < 1.29 is 4.79 Å². The molecule has 1 aliphatic heterocycles. The first kappa shape index (κ1) is 20.8. The van der Waals surface area contributed by atoms with Crippen LogP contribution < -0.4 is 16.4 Å². The highest BCUT2D eigenvalue weighted by Crippen LogP contribution is 2.51. The second kappa shape index (κ2) is 8.71. The molecule has 2 heterocycles. The normalized spacial score (nSPS) is 17.7. The minimum Gasteiger partial charge on any atom is -0.384 e. The largest absolute Gasteiger partial charge is 0.384 e. The van der Waals surface area contributed by atoms with Gasteiger partial charge in [0, 0.05) is 17.0 Å². The highest BCUT2D eigenvalue weighted by molar-refractivity contribution is 8.03. The number of allylic oxidation sites excluding steroid dienone is 2. The van der Waals surface area contributed by atoms with Gasteiger partial charge in [-0.3, -0.25) is 9.78 Å². The van der Waals surface area contributed by atoms with Gasteiger partial charge in [0.25, 0.3) is 0 Å². The Morgan fingerprint density at radius 2 is 1.90 bits per heavy atom. The summed E-state index contributed by atoms with van der Waals surface area (Å²) in [5.74, 6) is 0.174. The number of amides is 1. The van der Waals surface area contributed by atoms with Crippen molar-refractivity contribution in [3.63, 3.8) is 0 Å². The Morgan fingerprint density at radius 3 is 2.65 bits per heavy atom. The number of nitrogens with one attached hydrogen (secondary N) is 2. The Morgan fingerprint density at radius 1 is 1.16 bits per heavy atom. The monoisotopic (exact) mass is 430 g/mol. The van der Waals surface area contributed by atoms with Crippen molar-refractivity contribution >= 4 is 34.3 Å². The van der Waals surface area contributed by atoms with Gasteiger partial charge in [-0.25, -0.2) is 0 Å². The number of benzene rings is 1. The molecular weight excluding hydrogens is 408 g/mol. The van der Waals surface area contributed by atoms with E-state index in [-0.39, 0.29) is 17.5 Å². The number of hydrogen-bond acceptors (Lipinski definition) is 7. The number of carbonyl (C=O) groups is 1. The number of rotatable bonds is 4. The van der Waals surface area contributed by atoms with Gasteiger partial charge in [0.2, 0.25) is 5.91 Å². The molecule has 1 fully saturated rings. The molecule has 1 aromatic heterocycles. The number of anilines is 1. The van der Waals surface area contributed by atoms with Gasteiger partial charge in [-0.15, -0.1) is 0 Å². The summed E-state index contributed by atoms with van der Waals surface area (Å²) in [4.78, 5) is 17.0. The number of hydrogen-bond donors (Lipinski definition) is 3. The molecule has 0 bridgehead atoms. The van der Waals surface area contributed by atoms with Crippen molar-refractivity contribution in [1.82, 2.24) is 10.3 Å². The molecule has 1 saturated carbocycles. The summed E-state index contributed by atoms with van der Waals surface area (Å²) in [5, 5.41) is 27.1. The molecule has 8 heteroatoms. The molecule has 2 aliphatic rings. The zero-order valence-corrected chi connectivity index (χ0v) is 17.8. The van der Waals surface area contributed by atoms with Crippen LogP contribution in [0.3, 0.4) is 0 Å². The Labute approximate surface area is 185 Å². The fraction of sp³-hybridized carbons (Fsp3) is 0.304. The number of para-hydroxylation sites is 1. The molecule has 156 valence electrons. The molecule has 31 heavy (non-hydrogen) atoms. The number of pyridine rings is 1. The fourth-order valence-corrected chi connectivity index (χ4v) is 5.38. The molecule has 0 unspecified atom stereocenters. The fourth-order valence-electron chi connectivity index (χ4n) is 4.47. The number of fused-ring (bicyclic) bond motifs is 1. The third-order valence-corrected chi connectivity index (χ3v) is 6.89. The Balaban J connectivity index is 1.55. The highest BCUT2D eigenvalue weighted by Gasteiger charge is 2.45. The van der Waals surface area contributed by atoms with E-state index in [0.717, 1.165) is 43.0 Å². The van der Waals surface area contributed by atoms with Crippen molar-refractivity contribution in [3.8, 4) is 12.1 Å². The van der Waals surface area contributed by atoms with Gasteiger partial charge in [0.15, 0.2) is 0 Å². The van der Waals surface area contributed by atoms with E-state index in [1.54, 1.807) is 6.20 Å². The molecule has 1 aromatic carbocycles. The summed E-state index contributed by atoms with van der Waals surface area (Å²) in [6.07, 6.45) is 6.09. The van der Waals surface area contributed by atoms with Crippen LogP contribution in [0.25, 0.3) is 10.9 Å². The number of thioether (sulfide) groups is 1. The molecule has 0 radical (unpaired) electrons. The van der Waals surface area contributed by atoms with E-state index in [4.69, 9.17) is 5.73 Å². The highest BCUT2D eigenvalue weighted by atomic mass is 32.2. The predicted octanol–water partition coefficient (Wildman–Crippen LogP) is 3.89. The van der Waals surface area contributed by atoms with Crippen molar-refractivity contribution in [1.29, 1.82) is 10.5 Å². The summed E-state index contributed by atoms with van der Waals surface area (Å²) in [7, 11) is 0. The molecule has 0 atom stereocenters. The zero-order chi connectivity index (χ0) is 21.8. The smallest absolute Gasteiger partial charge is 0.234 e. The zero-order valence-electron chi connectivity index (χ0n) is 16.9. The summed E-state index contributed by atoms with van der Waals surface area (Å²) in [6, 6.07) is 13.9. The molecule has 1 amide bonds. The maximum absolute atomic E-state index is 12.7. The van der Waals surface area contributed by atoms with Gasteiger partial charge in [0.05, 0.1) is 45.3 Å². The molecule has 7 nitrogen and oxygen atoms in total. The minimum atomic E-state index is -0.643. The topological polar surface area (TPSA) is 128 Å². The van der Waals surface area contributed by atoms with Crippen LogP contribution in [0.15, 0.2) is 58.5 Å². The van der Waals surface area contributed by atoms with E-state index in [0.29, 0.717) is 21.9 Å². The SMILES string of the molecule is N#CC1=C(N)NC(SCC(=O)Nc2cccc3cccnc23)=C(C#N)C12CCCCC2. The minimum absolute atomic E-state index is 0.0992. The maximum Gasteiger partial charge on any atom is 0.234 e. The van der Waals surface area contributed by atoms with Crippen molar-refractivity contribution in [2.75, 3.05) is 11.1 Å². The lowest BCUT2D eigenvalue weighted by atomic mass is 9.64. The Kier molecular flexibility index (Phi) is 5.83. The lowest BCUT2D eigenvalue weighted by Gasteiger charge is -2.40. The van der Waals surface area contributed by atoms with Gasteiger partial charge >= 0.3 is 0 Å².